The van der Waals surface area contributed by atoms with Crippen molar-refractivity contribution in [3.63, 3.8) is 0 Å². The van der Waals surface area contributed by atoms with Crippen LogP contribution in [0, 0.1) is 6.92 Å². The highest BCUT2D eigenvalue weighted by Gasteiger charge is 2.01. The minimum Gasteiger partial charge on any atom is -0.508 e. The van der Waals surface area contributed by atoms with Gasteiger partial charge in [0.05, 0.1) is 0 Å². The number of benzene rings is 1. The van der Waals surface area contributed by atoms with Gasteiger partial charge in [0, 0.05) is 11.8 Å². The average molecular weight is 200 g/mol. The molecule has 0 saturated heterocycles. The topological polar surface area (TPSA) is 49.3 Å². The molecule has 0 aliphatic rings. The number of amides is 1. The second kappa shape index (κ2) is 4.14. The summed E-state index contributed by atoms with van der Waals surface area (Å²) < 4.78 is 0. The van der Waals surface area contributed by atoms with Gasteiger partial charge in [-0.3, -0.25) is 4.79 Å². The number of hydrogen-bond donors (Lipinski definition) is 2. The number of aromatic hydroxyl groups is 1. The molecule has 70 valence electrons. The summed E-state index contributed by atoms with van der Waals surface area (Å²) in [6.07, 6.45) is 0. The molecule has 13 heavy (non-hydrogen) atoms. The molecule has 0 spiro atoms. The lowest BCUT2D eigenvalue weighted by atomic mass is 10.2. The molecule has 4 heteroatoms. The zero-order valence-electron chi connectivity index (χ0n) is 7.17. The molecule has 0 atom stereocenters. The number of carbonyl (C=O) groups excluding carboxylic acids is 1. The van der Waals surface area contributed by atoms with Crippen LogP contribution in [0.15, 0.2) is 18.2 Å². The van der Waals surface area contributed by atoms with Gasteiger partial charge in [0.2, 0.25) is 5.91 Å². The summed E-state index contributed by atoms with van der Waals surface area (Å²) in [5.74, 6) is -0.216. The van der Waals surface area contributed by atoms with Crippen LogP contribution >= 0.6 is 11.6 Å². The van der Waals surface area contributed by atoms with Crippen LogP contribution in [0.25, 0.3) is 0 Å². The quantitative estimate of drug-likeness (QED) is 0.715. The minimum absolute atomic E-state index is 0.0887. The van der Waals surface area contributed by atoms with Gasteiger partial charge in [0.15, 0.2) is 0 Å². The Labute approximate surface area is 81.3 Å². The lowest BCUT2D eigenvalue weighted by Crippen LogP contribution is -2.12. The lowest BCUT2D eigenvalue weighted by Gasteiger charge is -2.04. The Bertz CT molecular complexity index is 325. The zero-order chi connectivity index (χ0) is 9.84. The summed E-state index contributed by atoms with van der Waals surface area (Å²) in [5.41, 5.74) is 1.32. The molecule has 0 heterocycles. The van der Waals surface area contributed by atoms with Crippen LogP contribution in [-0.4, -0.2) is 16.9 Å². The number of rotatable bonds is 2. The Kier molecular flexibility index (Phi) is 3.14. The first-order valence-electron chi connectivity index (χ1n) is 3.79. The van der Waals surface area contributed by atoms with E-state index in [1.165, 1.54) is 6.07 Å². The maximum Gasteiger partial charge on any atom is 0.239 e. The van der Waals surface area contributed by atoms with Crippen LogP contribution in [0.4, 0.5) is 5.69 Å². The summed E-state index contributed by atoms with van der Waals surface area (Å²) in [5, 5.41) is 11.8. The van der Waals surface area contributed by atoms with Crippen LogP contribution in [0.1, 0.15) is 5.56 Å². The van der Waals surface area contributed by atoms with E-state index in [0.717, 1.165) is 5.56 Å². The van der Waals surface area contributed by atoms with Gasteiger partial charge in [0.1, 0.15) is 11.6 Å². The number of carbonyl (C=O) groups is 1. The Hall–Kier alpha value is -1.22. The Morgan fingerprint density at radius 2 is 2.31 bits per heavy atom. The lowest BCUT2D eigenvalue weighted by molar-refractivity contribution is -0.113. The van der Waals surface area contributed by atoms with E-state index in [1.807, 2.05) is 0 Å². The van der Waals surface area contributed by atoms with Crippen LogP contribution in [0.3, 0.4) is 0 Å². The largest absolute Gasteiger partial charge is 0.508 e. The van der Waals surface area contributed by atoms with Gasteiger partial charge >= 0.3 is 0 Å². The fraction of sp³-hybridized carbons (Fsp3) is 0.222. The average Bonchev–Trinajstić information content (AvgIpc) is 2.11. The number of halogens is 1. The summed E-state index contributed by atoms with van der Waals surface area (Å²) in [4.78, 5) is 10.9. The van der Waals surface area contributed by atoms with Crippen molar-refractivity contribution in [1.29, 1.82) is 0 Å². The predicted octanol–water partition coefficient (Wildman–Crippen LogP) is 1.88. The molecule has 0 aliphatic carbocycles. The molecule has 0 saturated carbocycles. The van der Waals surface area contributed by atoms with E-state index in [-0.39, 0.29) is 17.5 Å². The van der Waals surface area contributed by atoms with E-state index < -0.39 is 0 Å². The van der Waals surface area contributed by atoms with Gasteiger partial charge in [-0.1, -0.05) is 6.07 Å². The maximum atomic E-state index is 10.9. The summed E-state index contributed by atoms with van der Waals surface area (Å²) in [7, 11) is 0. The van der Waals surface area contributed by atoms with Crippen molar-refractivity contribution in [2.24, 2.45) is 0 Å². The molecule has 1 aromatic carbocycles. The number of anilines is 1. The number of phenols is 1. The van der Waals surface area contributed by atoms with Crippen LogP contribution in [-0.2, 0) is 4.79 Å². The first-order valence-corrected chi connectivity index (χ1v) is 4.32. The standard InChI is InChI=1S/C9H10ClNO2/c1-6-2-3-7(4-8(6)12)11-9(13)5-10/h2-4,12H,5H2,1H3,(H,11,13). The molecule has 1 amide bonds. The third-order valence-electron chi connectivity index (χ3n) is 1.61. The zero-order valence-corrected chi connectivity index (χ0v) is 7.93. The highest BCUT2D eigenvalue weighted by molar-refractivity contribution is 6.29. The third-order valence-corrected chi connectivity index (χ3v) is 1.86. The molecule has 1 rings (SSSR count). The third kappa shape index (κ3) is 2.63. The van der Waals surface area contributed by atoms with E-state index in [9.17, 15) is 9.90 Å². The predicted molar refractivity (Wildman–Crippen MR) is 52.2 cm³/mol. The van der Waals surface area contributed by atoms with Crippen LogP contribution in [0.5, 0.6) is 5.75 Å². The molecule has 0 aliphatic heterocycles. The van der Waals surface area contributed by atoms with Crippen LogP contribution < -0.4 is 5.32 Å². The molecule has 0 fully saturated rings. The number of alkyl halides is 1. The summed E-state index contributed by atoms with van der Waals surface area (Å²) >= 11 is 5.30. The normalized spacial score (nSPS) is 9.69. The molecular weight excluding hydrogens is 190 g/mol. The number of nitrogens with one attached hydrogen (secondary N) is 1. The van der Waals surface area contributed by atoms with Gasteiger partial charge in [0.25, 0.3) is 0 Å². The Morgan fingerprint density at radius 3 is 2.85 bits per heavy atom. The highest BCUT2D eigenvalue weighted by Crippen LogP contribution is 2.20. The first-order chi connectivity index (χ1) is 6.13. The van der Waals surface area contributed by atoms with Gasteiger partial charge in [-0.05, 0) is 18.6 Å². The number of phenolic OH excluding ortho intramolecular Hbond substituents is 1. The van der Waals surface area contributed by atoms with E-state index in [1.54, 1.807) is 19.1 Å². The summed E-state index contributed by atoms with van der Waals surface area (Å²) in [6.45, 7) is 1.78. The fourth-order valence-corrected chi connectivity index (χ4v) is 0.948. The van der Waals surface area contributed by atoms with Gasteiger partial charge in [-0.15, -0.1) is 11.6 Å². The molecule has 0 radical (unpaired) electrons. The second-order valence-corrected chi connectivity index (χ2v) is 2.95. The second-order valence-electron chi connectivity index (χ2n) is 2.68. The van der Waals surface area contributed by atoms with Crippen molar-refractivity contribution < 1.29 is 9.90 Å². The van der Waals surface area contributed by atoms with E-state index in [2.05, 4.69) is 5.32 Å². The van der Waals surface area contributed by atoms with E-state index in [4.69, 9.17) is 11.6 Å². The van der Waals surface area contributed by atoms with E-state index >= 15 is 0 Å². The van der Waals surface area contributed by atoms with Crippen molar-refractivity contribution >= 4 is 23.2 Å². The van der Waals surface area contributed by atoms with Crippen molar-refractivity contribution in [2.75, 3.05) is 11.2 Å². The van der Waals surface area contributed by atoms with Crippen molar-refractivity contribution in [2.45, 2.75) is 6.92 Å². The van der Waals surface area contributed by atoms with Crippen molar-refractivity contribution in [3.05, 3.63) is 23.8 Å². The Balaban J connectivity index is 2.79. The summed E-state index contributed by atoms with van der Waals surface area (Å²) in [6, 6.07) is 4.92. The highest BCUT2D eigenvalue weighted by atomic mass is 35.5. The Morgan fingerprint density at radius 1 is 1.62 bits per heavy atom. The van der Waals surface area contributed by atoms with Gasteiger partial charge in [-0.2, -0.15) is 0 Å². The molecule has 3 nitrogen and oxygen atoms in total. The number of hydrogen-bond acceptors (Lipinski definition) is 2. The molecule has 2 N–H and O–H groups in total. The molecule has 0 bridgehead atoms. The smallest absolute Gasteiger partial charge is 0.239 e. The van der Waals surface area contributed by atoms with Gasteiger partial charge in [-0.25, -0.2) is 0 Å². The van der Waals surface area contributed by atoms with Gasteiger partial charge < -0.3 is 10.4 Å². The SMILES string of the molecule is Cc1ccc(NC(=O)CCl)cc1O. The first kappa shape index (κ1) is 9.86. The maximum absolute atomic E-state index is 10.9. The molecule has 0 aromatic heterocycles. The fourth-order valence-electron chi connectivity index (χ4n) is 0.882. The molecule has 1 aromatic rings. The van der Waals surface area contributed by atoms with Crippen molar-refractivity contribution in [3.8, 4) is 5.75 Å². The molecule has 0 unspecified atom stereocenters. The monoisotopic (exact) mass is 199 g/mol. The molecular formula is C9H10ClNO2. The van der Waals surface area contributed by atoms with E-state index in [0.29, 0.717) is 5.69 Å². The van der Waals surface area contributed by atoms with Crippen LogP contribution in [0.2, 0.25) is 0 Å². The minimum atomic E-state index is -0.287. The number of aryl methyl sites for hydroxylation is 1. The van der Waals surface area contributed by atoms with Crippen molar-refractivity contribution in [1.82, 2.24) is 0 Å².